The lowest BCUT2D eigenvalue weighted by molar-refractivity contribution is 0.100. The highest BCUT2D eigenvalue weighted by atomic mass is 32.2. The number of thiol groups is 1. The van der Waals surface area contributed by atoms with Gasteiger partial charge in [-0.2, -0.15) is 0 Å². The number of aryl methyl sites for hydroxylation is 1. The van der Waals surface area contributed by atoms with Crippen LogP contribution in [0.5, 0.6) is 0 Å². The number of primary amides is 1. The van der Waals surface area contributed by atoms with E-state index in [1.165, 1.54) is 18.5 Å². The summed E-state index contributed by atoms with van der Waals surface area (Å²) in [5.41, 5.74) is 8.05. The van der Waals surface area contributed by atoms with Crippen molar-refractivity contribution in [3.63, 3.8) is 0 Å². The summed E-state index contributed by atoms with van der Waals surface area (Å²) < 4.78 is 35.6. The largest absolute Gasteiger partial charge is 0.365 e. The molecule has 26 heavy (non-hydrogen) atoms. The molecule has 0 unspecified atom stereocenters. The third kappa shape index (κ3) is 3.62. The van der Waals surface area contributed by atoms with Gasteiger partial charge in [0.2, 0.25) is 0 Å². The van der Waals surface area contributed by atoms with Gasteiger partial charge in [-0.3, -0.25) is 14.8 Å². The molecule has 1 amide bonds. The van der Waals surface area contributed by atoms with Crippen LogP contribution in [0, 0.1) is 12.7 Å². The Morgan fingerprint density at radius 3 is 2.65 bits per heavy atom. The number of benzene rings is 1. The molecule has 3 N–H and O–H groups in total. The molecule has 3 aromatic rings. The smallest absolute Gasteiger partial charge is 0.252 e. The van der Waals surface area contributed by atoms with Gasteiger partial charge in [-0.25, -0.2) is 12.8 Å². The average Bonchev–Trinajstić information content (AvgIpc) is 2.54. The van der Waals surface area contributed by atoms with E-state index in [0.717, 1.165) is 11.8 Å². The van der Waals surface area contributed by atoms with Crippen LogP contribution in [0.3, 0.4) is 0 Å². The molecule has 0 saturated heterocycles. The van der Waals surface area contributed by atoms with Crippen LogP contribution < -0.4 is 11.1 Å². The molecule has 2 heterocycles. The highest BCUT2D eigenvalue weighted by Gasteiger charge is 2.16. The Morgan fingerprint density at radius 1 is 1.23 bits per heavy atom. The lowest BCUT2D eigenvalue weighted by atomic mass is 10.0. The Bertz CT molecular complexity index is 1090. The molecule has 0 bridgehead atoms. The van der Waals surface area contributed by atoms with Crippen molar-refractivity contribution in [1.82, 2.24) is 9.97 Å². The van der Waals surface area contributed by atoms with E-state index in [0.29, 0.717) is 27.8 Å². The van der Waals surface area contributed by atoms with E-state index in [1.54, 1.807) is 19.1 Å². The minimum Gasteiger partial charge on any atom is -0.365 e. The van der Waals surface area contributed by atoms with Crippen LogP contribution in [0.4, 0.5) is 15.8 Å². The molecule has 0 spiro atoms. The third-order valence-electron chi connectivity index (χ3n) is 3.77. The number of rotatable bonds is 5. The predicted molar refractivity (Wildman–Crippen MR) is 96.5 cm³/mol. The Balaban J connectivity index is 2.26. The lowest BCUT2D eigenvalue weighted by Gasteiger charge is -2.15. The number of halogens is 1. The first-order valence-corrected chi connectivity index (χ1v) is 8.93. The van der Waals surface area contributed by atoms with Gasteiger partial charge in [0.1, 0.15) is 16.5 Å². The lowest BCUT2D eigenvalue weighted by Crippen LogP contribution is -2.14. The Morgan fingerprint density at radius 2 is 2.00 bits per heavy atom. The SMILES string of the molecule is Cc1cc(C[SH](=O)=O)cc2c(Nc3cncc(F)c3)c(C(N)=O)cnc12. The number of hydrogen-bond donors (Lipinski definition) is 3. The molecule has 9 heteroatoms. The number of fused-ring (bicyclic) bond motifs is 1. The van der Waals surface area contributed by atoms with Gasteiger partial charge in [0, 0.05) is 17.6 Å². The van der Waals surface area contributed by atoms with E-state index in [9.17, 15) is 17.6 Å². The van der Waals surface area contributed by atoms with Gasteiger partial charge in [0.25, 0.3) is 5.91 Å². The summed E-state index contributed by atoms with van der Waals surface area (Å²) in [5, 5.41) is 3.46. The molecule has 0 aliphatic carbocycles. The van der Waals surface area contributed by atoms with Crippen LogP contribution in [0.1, 0.15) is 21.5 Å². The zero-order chi connectivity index (χ0) is 18.8. The maximum absolute atomic E-state index is 13.4. The van der Waals surface area contributed by atoms with Crippen molar-refractivity contribution in [2.45, 2.75) is 12.7 Å². The number of carbonyl (C=O) groups excluding carboxylic acids is 1. The second-order valence-corrected chi connectivity index (χ2v) is 6.71. The van der Waals surface area contributed by atoms with Crippen LogP contribution >= 0.6 is 0 Å². The highest BCUT2D eigenvalue weighted by molar-refractivity contribution is 7.71. The second-order valence-electron chi connectivity index (χ2n) is 5.73. The molecule has 0 fully saturated rings. The van der Waals surface area contributed by atoms with Gasteiger partial charge in [-0.15, -0.1) is 0 Å². The zero-order valence-corrected chi connectivity index (χ0v) is 14.6. The highest BCUT2D eigenvalue weighted by Crippen LogP contribution is 2.31. The van der Waals surface area contributed by atoms with Gasteiger partial charge in [0.15, 0.2) is 0 Å². The Labute approximate surface area is 150 Å². The summed E-state index contributed by atoms with van der Waals surface area (Å²) in [7, 11) is -2.62. The third-order valence-corrected chi connectivity index (χ3v) is 4.40. The molecule has 0 atom stereocenters. The molecule has 2 aromatic heterocycles. The van der Waals surface area contributed by atoms with Crippen LogP contribution in [0.25, 0.3) is 10.9 Å². The first kappa shape index (κ1) is 17.7. The first-order chi connectivity index (χ1) is 12.3. The number of carbonyl (C=O) groups is 1. The fourth-order valence-corrected chi connectivity index (χ4v) is 3.22. The number of hydrogen-bond acceptors (Lipinski definition) is 6. The molecule has 0 radical (unpaired) electrons. The maximum atomic E-state index is 13.4. The fraction of sp³-hybridized carbons (Fsp3) is 0.118. The number of nitrogens with zero attached hydrogens (tertiary/aromatic N) is 2. The summed E-state index contributed by atoms with van der Waals surface area (Å²) in [6.07, 6.45) is 3.78. The van der Waals surface area contributed by atoms with Crippen LogP contribution in [0.15, 0.2) is 36.8 Å². The molecule has 0 aliphatic heterocycles. The molecular weight excluding hydrogens is 359 g/mol. The molecule has 0 aliphatic rings. The number of amides is 1. The Kier molecular flexibility index (Phi) is 4.81. The number of aromatic nitrogens is 2. The molecular formula is C17H15FN4O3S. The van der Waals surface area contributed by atoms with E-state index < -0.39 is 22.4 Å². The average molecular weight is 374 g/mol. The van der Waals surface area contributed by atoms with Gasteiger partial charge >= 0.3 is 0 Å². The monoisotopic (exact) mass is 374 g/mol. The quantitative estimate of drug-likeness (QED) is 0.589. The van der Waals surface area contributed by atoms with E-state index in [-0.39, 0.29) is 11.3 Å². The van der Waals surface area contributed by atoms with Crippen molar-refractivity contribution >= 4 is 38.9 Å². The number of nitrogens with one attached hydrogen (secondary N) is 1. The minimum absolute atomic E-state index is 0.102. The van der Waals surface area contributed by atoms with Crippen molar-refractivity contribution < 1.29 is 17.6 Å². The van der Waals surface area contributed by atoms with Crippen LogP contribution in [-0.2, 0) is 16.5 Å². The van der Waals surface area contributed by atoms with Crippen molar-refractivity contribution in [3.8, 4) is 0 Å². The number of nitrogens with two attached hydrogens (primary N) is 1. The van der Waals surface area contributed by atoms with Gasteiger partial charge < -0.3 is 11.1 Å². The fourth-order valence-electron chi connectivity index (χ4n) is 2.74. The molecule has 1 aromatic carbocycles. The number of anilines is 2. The van der Waals surface area contributed by atoms with Crippen molar-refractivity contribution in [2.75, 3.05) is 5.32 Å². The van der Waals surface area contributed by atoms with E-state index in [2.05, 4.69) is 15.3 Å². The summed E-state index contributed by atoms with van der Waals surface area (Å²) in [6.45, 7) is 1.79. The summed E-state index contributed by atoms with van der Waals surface area (Å²) in [4.78, 5) is 19.8. The first-order valence-electron chi connectivity index (χ1n) is 7.56. The maximum Gasteiger partial charge on any atom is 0.252 e. The summed E-state index contributed by atoms with van der Waals surface area (Å²) in [5.74, 6) is -1.41. The van der Waals surface area contributed by atoms with Crippen molar-refractivity contribution in [1.29, 1.82) is 0 Å². The molecule has 7 nitrogen and oxygen atoms in total. The zero-order valence-electron chi connectivity index (χ0n) is 13.7. The Hall–Kier alpha value is -3.07. The van der Waals surface area contributed by atoms with E-state index in [1.807, 2.05) is 0 Å². The predicted octanol–water partition coefficient (Wildman–Crippen LogP) is 2.03. The molecule has 134 valence electrons. The van der Waals surface area contributed by atoms with Gasteiger partial charge in [-0.05, 0) is 24.1 Å². The second kappa shape index (κ2) is 7.04. The van der Waals surface area contributed by atoms with Crippen molar-refractivity contribution in [3.05, 3.63) is 59.3 Å². The minimum atomic E-state index is -2.62. The summed E-state index contributed by atoms with van der Waals surface area (Å²) >= 11 is 0. The van der Waals surface area contributed by atoms with Gasteiger partial charge in [0.05, 0.1) is 40.6 Å². The van der Waals surface area contributed by atoms with Crippen LogP contribution in [0.2, 0.25) is 0 Å². The number of pyridine rings is 2. The van der Waals surface area contributed by atoms with E-state index in [4.69, 9.17) is 5.73 Å². The topological polar surface area (TPSA) is 115 Å². The normalized spacial score (nSPS) is 11.0. The van der Waals surface area contributed by atoms with Gasteiger partial charge in [-0.1, -0.05) is 6.07 Å². The summed E-state index contributed by atoms with van der Waals surface area (Å²) in [6, 6.07) is 4.56. The molecule has 0 saturated carbocycles. The van der Waals surface area contributed by atoms with Crippen molar-refractivity contribution in [2.24, 2.45) is 5.73 Å². The van der Waals surface area contributed by atoms with Crippen LogP contribution in [-0.4, -0.2) is 24.3 Å². The van der Waals surface area contributed by atoms with E-state index >= 15 is 0 Å². The molecule has 3 rings (SSSR count). The standard InChI is InChI=1S/C17H15FN4O3S/c1-9-2-10(8-26(24)25)3-13-15(9)21-7-14(17(19)23)16(13)22-12-4-11(18)5-20-6-12/h2-7,26H,8H2,1H3,(H2,19,23)(H,21,22).